The first-order chi connectivity index (χ1) is 8.22. The van der Waals surface area contributed by atoms with Crippen molar-refractivity contribution in [3.63, 3.8) is 0 Å². The number of benzene rings is 1. The Kier molecular flexibility index (Phi) is 5.63. The molecule has 3 nitrogen and oxygen atoms in total. The molecule has 4 heteroatoms. The number of halogens is 1. The highest BCUT2D eigenvalue weighted by atomic mass is 35.5. The van der Waals surface area contributed by atoms with E-state index >= 15 is 0 Å². The molecular weight excluding hydrogens is 248 g/mol. The summed E-state index contributed by atoms with van der Waals surface area (Å²) in [5.41, 5.74) is 6.78. The predicted octanol–water partition coefficient (Wildman–Crippen LogP) is 2.16. The first-order valence-electron chi connectivity index (χ1n) is 6.27. The van der Waals surface area contributed by atoms with Crippen LogP contribution in [0, 0.1) is 0 Å². The Hall–Kier alpha value is -1.06. The number of nitrogens with two attached hydrogens (primary N) is 1. The van der Waals surface area contributed by atoms with Crippen molar-refractivity contribution >= 4 is 18.3 Å². The van der Waals surface area contributed by atoms with Gasteiger partial charge < -0.3 is 10.6 Å². The fourth-order valence-corrected chi connectivity index (χ4v) is 2.61. The van der Waals surface area contributed by atoms with Gasteiger partial charge in [0.15, 0.2) is 0 Å². The van der Waals surface area contributed by atoms with Gasteiger partial charge in [-0.2, -0.15) is 0 Å². The van der Waals surface area contributed by atoms with Crippen molar-refractivity contribution in [1.82, 2.24) is 4.90 Å². The van der Waals surface area contributed by atoms with Crippen molar-refractivity contribution in [2.75, 3.05) is 13.1 Å². The molecule has 1 amide bonds. The zero-order valence-corrected chi connectivity index (χ0v) is 11.5. The third-order valence-corrected chi connectivity index (χ3v) is 3.52. The minimum atomic E-state index is 0. The molecule has 1 saturated heterocycles. The number of carbonyl (C=O) groups is 1. The number of likely N-dealkylation sites (tertiary alicyclic amines) is 1. The van der Waals surface area contributed by atoms with Gasteiger partial charge in [0, 0.05) is 31.5 Å². The largest absolute Gasteiger partial charge is 0.339 e. The number of carbonyl (C=O) groups excluding carboxylic acids is 1. The minimum absolute atomic E-state index is 0. The molecule has 1 aliphatic rings. The molecule has 0 aromatic heterocycles. The molecule has 1 aromatic rings. The summed E-state index contributed by atoms with van der Waals surface area (Å²) in [7, 11) is 0. The Labute approximate surface area is 115 Å². The van der Waals surface area contributed by atoms with Gasteiger partial charge in [-0.3, -0.25) is 4.79 Å². The van der Waals surface area contributed by atoms with E-state index in [9.17, 15) is 4.79 Å². The fraction of sp³-hybridized carbons (Fsp3) is 0.500. The van der Waals surface area contributed by atoms with Crippen LogP contribution in [0.5, 0.6) is 0 Å². The Morgan fingerprint density at radius 3 is 2.67 bits per heavy atom. The highest BCUT2D eigenvalue weighted by molar-refractivity contribution is 5.85. The maximum absolute atomic E-state index is 11.9. The standard InChI is InChI=1S/C14H20N2O.ClH/c1-11-9-13(12-5-3-2-4-6-12)10-16(11)14(17)7-8-15;/h2-6,11,13H,7-10,15H2,1H3;1H. The fourth-order valence-electron chi connectivity index (χ4n) is 2.61. The van der Waals surface area contributed by atoms with E-state index in [0.29, 0.717) is 24.9 Å². The van der Waals surface area contributed by atoms with Crippen LogP contribution in [0.3, 0.4) is 0 Å². The molecule has 2 rings (SSSR count). The van der Waals surface area contributed by atoms with Gasteiger partial charge in [-0.15, -0.1) is 12.4 Å². The van der Waals surface area contributed by atoms with E-state index in [1.54, 1.807) is 0 Å². The van der Waals surface area contributed by atoms with Crippen LogP contribution in [0.1, 0.15) is 31.2 Å². The van der Waals surface area contributed by atoms with Crippen LogP contribution in [0.25, 0.3) is 0 Å². The van der Waals surface area contributed by atoms with E-state index in [-0.39, 0.29) is 18.3 Å². The Morgan fingerprint density at radius 1 is 1.39 bits per heavy atom. The normalized spacial score (nSPS) is 22.7. The van der Waals surface area contributed by atoms with Crippen molar-refractivity contribution in [1.29, 1.82) is 0 Å². The summed E-state index contributed by atoms with van der Waals surface area (Å²) >= 11 is 0. The molecule has 0 spiro atoms. The van der Waals surface area contributed by atoms with Crippen LogP contribution >= 0.6 is 12.4 Å². The van der Waals surface area contributed by atoms with E-state index in [2.05, 4.69) is 31.2 Å². The van der Waals surface area contributed by atoms with E-state index in [0.717, 1.165) is 13.0 Å². The minimum Gasteiger partial charge on any atom is -0.339 e. The smallest absolute Gasteiger partial charge is 0.224 e. The van der Waals surface area contributed by atoms with E-state index in [4.69, 9.17) is 5.73 Å². The van der Waals surface area contributed by atoms with Gasteiger partial charge >= 0.3 is 0 Å². The van der Waals surface area contributed by atoms with Gasteiger partial charge in [0.25, 0.3) is 0 Å². The van der Waals surface area contributed by atoms with Crippen molar-refractivity contribution in [3.05, 3.63) is 35.9 Å². The monoisotopic (exact) mass is 268 g/mol. The molecule has 1 aromatic carbocycles. The second kappa shape index (κ2) is 6.76. The summed E-state index contributed by atoms with van der Waals surface area (Å²) in [6.45, 7) is 3.40. The maximum atomic E-state index is 11.9. The molecule has 1 aliphatic heterocycles. The zero-order valence-electron chi connectivity index (χ0n) is 10.7. The lowest BCUT2D eigenvalue weighted by Gasteiger charge is -2.21. The quantitative estimate of drug-likeness (QED) is 0.913. The third kappa shape index (κ3) is 3.24. The number of amides is 1. The summed E-state index contributed by atoms with van der Waals surface area (Å²) in [5.74, 6) is 0.673. The third-order valence-electron chi connectivity index (χ3n) is 3.52. The Balaban J connectivity index is 0.00000162. The predicted molar refractivity (Wildman–Crippen MR) is 75.9 cm³/mol. The van der Waals surface area contributed by atoms with Crippen LogP contribution in [-0.2, 0) is 4.79 Å². The molecule has 0 saturated carbocycles. The van der Waals surface area contributed by atoms with Crippen LogP contribution in [0.4, 0.5) is 0 Å². The van der Waals surface area contributed by atoms with Gasteiger partial charge in [-0.05, 0) is 18.9 Å². The molecule has 1 fully saturated rings. The summed E-state index contributed by atoms with van der Waals surface area (Å²) < 4.78 is 0. The van der Waals surface area contributed by atoms with Crippen molar-refractivity contribution < 1.29 is 4.79 Å². The molecule has 2 N–H and O–H groups in total. The van der Waals surface area contributed by atoms with Gasteiger partial charge in [0.2, 0.25) is 5.91 Å². The number of rotatable bonds is 3. The molecule has 0 aliphatic carbocycles. The second-order valence-electron chi connectivity index (χ2n) is 4.78. The van der Waals surface area contributed by atoms with Crippen LogP contribution in [0.2, 0.25) is 0 Å². The molecular formula is C14H21ClN2O. The van der Waals surface area contributed by atoms with Gasteiger partial charge in [0.05, 0.1) is 0 Å². The number of nitrogens with zero attached hydrogens (tertiary/aromatic N) is 1. The highest BCUT2D eigenvalue weighted by Gasteiger charge is 2.32. The lowest BCUT2D eigenvalue weighted by molar-refractivity contribution is -0.131. The Morgan fingerprint density at radius 2 is 2.06 bits per heavy atom. The highest BCUT2D eigenvalue weighted by Crippen LogP contribution is 2.31. The first-order valence-corrected chi connectivity index (χ1v) is 6.27. The summed E-state index contributed by atoms with van der Waals surface area (Å²) in [5, 5.41) is 0. The maximum Gasteiger partial charge on any atom is 0.224 e. The van der Waals surface area contributed by atoms with Crippen molar-refractivity contribution in [2.45, 2.75) is 31.7 Å². The van der Waals surface area contributed by atoms with Gasteiger partial charge in [-0.1, -0.05) is 30.3 Å². The van der Waals surface area contributed by atoms with Gasteiger partial charge in [-0.25, -0.2) is 0 Å². The summed E-state index contributed by atoms with van der Waals surface area (Å²) in [4.78, 5) is 13.9. The average Bonchev–Trinajstić information content (AvgIpc) is 2.73. The van der Waals surface area contributed by atoms with E-state index in [1.165, 1.54) is 5.56 Å². The van der Waals surface area contributed by atoms with E-state index < -0.39 is 0 Å². The van der Waals surface area contributed by atoms with Crippen LogP contribution in [0.15, 0.2) is 30.3 Å². The lowest BCUT2D eigenvalue weighted by Crippen LogP contribution is -2.35. The zero-order chi connectivity index (χ0) is 12.3. The molecule has 18 heavy (non-hydrogen) atoms. The summed E-state index contributed by atoms with van der Waals surface area (Å²) in [6.07, 6.45) is 1.52. The van der Waals surface area contributed by atoms with E-state index in [1.807, 2.05) is 11.0 Å². The second-order valence-corrected chi connectivity index (χ2v) is 4.78. The molecule has 1 heterocycles. The van der Waals surface area contributed by atoms with Crippen molar-refractivity contribution in [3.8, 4) is 0 Å². The SMILES string of the molecule is CC1CC(c2ccccc2)CN1C(=O)CCN.Cl. The topological polar surface area (TPSA) is 46.3 Å². The van der Waals surface area contributed by atoms with Crippen LogP contribution < -0.4 is 5.73 Å². The molecule has 2 atom stereocenters. The lowest BCUT2D eigenvalue weighted by atomic mass is 9.97. The summed E-state index contributed by atoms with van der Waals surface area (Å²) in [6, 6.07) is 10.8. The number of hydrogen-bond acceptors (Lipinski definition) is 2. The molecule has 0 bridgehead atoms. The van der Waals surface area contributed by atoms with Crippen LogP contribution in [-0.4, -0.2) is 29.9 Å². The Bertz CT molecular complexity index is 383. The molecule has 0 radical (unpaired) electrons. The first kappa shape index (κ1) is 15.0. The van der Waals surface area contributed by atoms with Crippen molar-refractivity contribution in [2.24, 2.45) is 5.73 Å². The molecule has 2 unspecified atom stereocenters. The average molecular weight is 269 g/mol. The van der Waals surface area contributed by atoms with Gasteiger partial charge in [0.1, 0.15) is 0 Å². The molecule has 100 valence electrons. The number of hydrogen-bond donors (Lipinski definition) is 1.